The number of carbonyl (C=O) groups is 1. The van der Waals surface area contributed by atoms with E-state index in [1.165, 1.54) is 23.4 Å². The third-order valence-electron chi connectivity index (χ3n) is 5.33. The third-order valence-corrected chi connectivity index (χ3v) is 6.47. The molecule has 0 aliphatic carbocycles. The van der Waals surface area contributed by atoms with Gasteiger partial charge in [-0.3, -0.25) is 9.10 Å². The Balaban J connectivity index is 2.06. The van der Waals surface area contributed by atoms with Crippen LogP contribution in [-0.2, 0) is 16.6 Å². The monoisotopic (exact) mass is 430 g/mol. The number of benzene rings is 2. The average Bonchev–Trinajstić information content (AvgIpc) is 2.71. The van der Waals surface area contributed by atoms with Crippen LogP contribution in [0.3, 0.4) is 0 Å². The van der Waals surface area contributed by atoms with E-state index >= 15 is 0 Å². The molecular weight excluding hydrogens is 396 g/mol. The highest BCUT2D eigenvalue weighted by Gasteiger charge is 2.18. The van der Waals surface area contributed by atoms with E-state index in [2.05, 4.69) is 19.2 Å². The van der Waals surface area contributed by atoms with Crippen LogP contribution in [0.1, 0.15) is 61.0 Å². The number of unbranched alkanes of at least 4 members (excludes halogenated alkanes) is 1. The van der Waals surface area contributed by atoms with Gasteiger partial charge in [-0.25, -0.2) is 8.42 Å². The maximum absolute atomic E-state index is 12.5. The van der Waals surface area contributed by atoms with E-state index in [0.29, 0.717) is 23.7 Å². The van der Waals surface area contributed by atoms with Gasteiger partial charge in [0.1, 0.15) is 0 Å². The van der Waals surface area contributed by atoms with Crippen LogP contribution in [-0.4, -0.2) is 27.1 Å². The highest BCUT2D eigenvalue weighted by atomic mass is 32.2. The van der Waals surface area contributed by atoms with Crippen molar-refractivity contribution in [2.75, 3.05) is 17.1 Å². The molecule has 0 bridgehead atoms. The Kier molecular flexibility index (Phi) is 8.90. The summed E-state index contributed by atoms with van der Waals surface area (Å²) in [5, 5.41) is 3.03. The predicted octanol–water partition coefficient (Wildman–Crippen LogP) is 4.91. The summed E-state index contributed by atoms with van der Waals surface area (Å²) >= 11 is 0. The number of rotatable bonds is 11. The third kappa shape index (κ3) is 7.17. The van der Waals surface area contributed by atoms with Gasteiger partial charge in [0.15, 0.2) is 0 Å². The lowest BCUT2D eigenvalue weighted by Crippen LogP contribution is -2.30. The second-order valence-electron chi connectivity index (χ2n) is 7.93. The molecule has 2 aromatic carbocycles. The molecular formula is C24H34N2O3S. The molecule has 6 heteroatoms. The first-order chi connectivity index (χ1) is 14.2. The highest BCUT2D eigenvalue weighted by Crippen LogP contribution is 2.22. The van der Waals surface area contributed by atoms with Crippen molar-refractivity contribution in [2.24, 2.45) is 5.92 Å². The molecule has 0 saturated carbocycles. The van der Waals surface area contributed by atoms with Gasteiger partial charge >= 0.3 is 0 Å². The van der Waals surface area contributed by atoms with Crippen molar-refractivity contribution < 1.29 is 13.2 Å². The lowest BCUT2D eigenvalue weighted by molar-refractivity contribution is 0.0946. The van der Waals surface area contributed by atoms with Gasteiger partial charge in [-0.15, -0.1) is 0 Å². The fourth-order valence-corrected chi connectivity index (χ4v) is 4.27. The predicted molar refractivity (Wildman–Crippen MR) is 124 cm³/mol. The lowest BCUT2D eigenvalue weighted by Gasteiger charge is -2.23. The van der Waals surface area contributed by atoms with Crippen molar-refractivity contribution >= 4 is 21.6 Å². The number of hydrogen-bond donors (Lipinski definition) is 1. The molecule has 1 N–H and O–H groups in total. The van der Waals surface area contributed by atoms with Crippen molar-refractivity contribution in [2.45, 2.75) is 53.0 Å². The molecule has 0 aliphatic heterocycles. The van der Waals surface area contributed by atoms with Gasteiger partial charge in [0.25, 0.3) is 5.91 Å². The molecule has 0 radical (unpaired) electrons. The fraction of sp³-hybridized carbons (Fsp3) is 0.458. The number of nitrogens with one attached hydrogen (secondary N) is 1. The molecule has 30 heavy (non-hydrogen) atoms. The van der Waals surface area contributed by atoms with Crippen molar-refractivity contribution in [3.8, 4) is 0 Å². The molecule has 164 valence electrons. The van der Waals surface area contributed by atoms with Crippen LogP contribution >= 0.6 is 0 Å². The summed E-state index contributed by atoms with van der Waals surface area (Å²) in [6.45, 7) is 7.17. The summed E-state index contributed by atoms with van der Waals surface area (Å²) in [5.74, 6) is 0.418. The van der Waals surface area contributed by atoms with Gasteiger partial charge in [-0.1, -0.05) is 57.4 Å². The zero-order valence-corrected chi connectivity index (χ0v) is 19.3. The highest BCUT2D eigenvalue weighted by molar-refractivity contribution is 7.92. The summed E-state index contributed by atoms with van der Waals surface area (Å²) in [7, 11) is -3.43. The van der Waals surface area contributed by atoms with Crippen LogP contribution in [0.15, 0.2) is 48.5 Å². The molecule has 0 heterocycles. The first-order valence-electron chi connectivity index (χ1n) is 10.7. The topological polar surface area (TPSA) is 66.5 Å². The molecule has 2 aromatic rings. The SMILES string of the molecule is CCCCC(CC)CNC(=O)c1ccc(CN(c2cccc(C)c2)S(C)(=O)=O)cc1. The molecule has 1 atom stereocenters. The number of hydrogen-bond acceptors (Lipinski definition) is 3. The zero-order chi connectivity index (χ0) is 22.1. The number of carbonyl (C=O) groups excluding carboxylic acids is 1. The minimum absolute atomic E-state index is 0.0878. The van der Waals surface area contributed by atoms with Crippen molar-refractivity contribution in [1.29, 1.82) is 0 Å². The van der Waals surface area contributed by atoms with Crippen molar-refractivity contribution in [3.05, 3.63) is 65.2 Å². The second kappa shape index (κ2) is 11.2. The molecule has 2 rings (SSSR count). The Labute approximate surface area is 181 Å². The summed E-state index contributed by atoms with van der Waals surface area (Å²) in [6.07, 6.45) is 5.74. The van der Waals surface area contributed by atoms with Crippen molar-refractivity contribution in [1.82, 2.24) is 5.32 Å². The quantitative estimate of drug-likeness (QED) is 0.551. The molecule has 0 saturated heterocycles. The Morgan fingerprint density at radius 1 is 1.10 bits per heavy atom. The van der Waals surface area contributed by atoms with E-state index in [-0.39, 0.29) is 12.5 Å². The second-order valence-corrected chi connectivity index (χ2v) is 9.84. The van der Waals surface area contributed by atoms with E-state index in [9.17, 15) is 13.2 Å². The molecule has 1 amide bonds. The Morgan fingerprint density at radius 2 is 1.80 bits per heavy atom. The maximum Gasteiger partial charge on any atom is 0.251 e. The number of sulfonamides is 1. The summed E-state index contributed by atoms with van der Waals surface area (Å²) < 4.78 is 26.1. The number of nitrogens with zero attached hydrogens (tertiary/aromatic N) is 1. The van der Waals surface area contributed by atoms with E-state index in [4.69, 9.17) is 0 Å². The van der Waals surface area contributed by atoms with Crippen LogP contribution in [0.5, 0.6) is 0 Å². The van der Waals surface area contributed by atoms with E-state index in [0.717, 1.165) is 24.0 Å². The smallest absolute Gasteiger partial charge is 0.251 e. The maximum atomic E-state index is 12.5. The molecule has 1 unspecified atom stereocenters. The van der Waals surface area contributed by atoms with Gasteiger partial charge in [0, 0.05) is 12.1 Å². The van der Waals surface area contributed by atoms with Gasteiger partial charge in [-0.05, 0) is 54.7 Å². The Morgan fingerprint density at radius 3 is 2.37 bits per heavy atom. The molecule has 0 spiro atoms. The summed E-state index contributed by atoms with van der Waals surface area (Å²) in [5.41, 5.74) is 3.05. The molecule has 0 aromatic heterocycles. The largest absolute Gasteiger partial charge is 0.352 e. The Bertz CT molecular complexity index is 924. The van der Waals surface area contributed by atoms with Crippen LogP contribution < -0.4 is 9.62 Å². The standard InChI is InChI=1S/C24H34N2O3S/c1-5-7-10-20(6-2)17-25-24(27)22-14-12-21(13-15-22)18-26(30(4,28)29)23-11-8-9-19(3)16-23/h8-9,11-16,20H,5-7,10,17-18H2,1-4H3,(H,25,27). The lowest BCUT2D eigenvalue weighted by atomic mass is 9.99. The van der Waals surface area contributed by atoms with Crippen molar-refractivity contribution in [3.63, 3.8) is 0 Å². The molecule has 5 nitrogen and oxygen atoms in total. The van der Waals surface area contributed by atoms with E-state index in [1.54, 1.807) is 18.2 Å². The van der Waals surface area contributed by atoms with Crippen LogP contribution in [0, 0.1) is 12.8 Å². The van der Waals surface area contributed by atoms with E-state index in [1.807, 2.05) is 37.3 Å². The van der Waals surface area contributed by atoms with Gasteiger partial charge < -0.3 is 5.32 Å². The van der Waals surface area contributed by atoms with E-state index < -0.39 is 10.0 Å². The van der Waals surface area contributed by atoms with Gasteiger partial charge in [-0.2, -0.15) is 0 Å². The zero-order valence-electron chi connectivity index (χ0n) is 18.5. The van der Waals surface area contributed by atoms with Gasteiger partial charge in [0.05, 0.1) is 18.5 Å². The number of aryl methyl sites for hydroxylation is 1. The molecule has 0 fully saturated rings. The first-order valence-corrected chi connectivity index (χ1v) is 12.5. The normalized spacial score (nSPS) is 12.4. The minimum atomic E-state index is -3.43. The number of anilines is 1. The summed E-state index contributed by atoms with van der Waals surface area (Å²) in [6, 6.07) is 14.6. The van der Waals surface area contributed by atoms with Gasteiger partial charge in [0.2, 0.25) is 10.0 Å². The van der Waals surface area contributed by atoms with Crippen LogP contribution in [0.2, 0.25) is 0 Å². The minimum Gasteiger partial charge on any atom is -0.352 e. The first kappa shape index (κ1) is 23.9. The fourth-order valence-electron chi connectivity index (χ4n) is 3.39. The Hall–Kier alpha value is -2.34. The summed E-state index contributed by atoms with van der Waals surface area (Å²) in [4.78, 5) is 12.5. The molecule has 0 aliphatic rings. The average molecular weight is 431 g/mol. The van der Waals surface area contributed by atoms with Crippen LogP contribution in [0.25, 0.3) is 0 Å². The number of amides is 1. The van der Waals surface area contributed by atoms with Crippen LogP contribution in [0.4, 0.5) is 5.69 Å².